The maximum atomic E-state index is 13.2. The molecule has 3 aliphatic rings. The first-order valence-corrected chi connectivity index (χ1v) is 14.0. The van der Waals surface area contributed by atoms with Gasteiger partial charge in [-0.05, 0) is 67.9 Å². The molecule has 176 valence electrons. The number of nitrogens with zero attached hydrogens (tertiary/aromatic N) is 1. The minimum Gasteiger partial charge on any atom is -0.337 e. The Morgan fingerprint density at radius 1 is 0.909 bits per heavy atom. The molecule has 0 radical (unpaired) electrons. The van der Waals surface area contributed by atoms with Crippen LogP contribution in [0.2, 0.25) is 0 Å². The highest BCUT2D eigenvalue weighted by atomic mass is 32.2. The van der Waals surface area contributed by atoms with Gasteiger partial charge in [-0.3, -0.25) is 4.79 Å². The number of carbonyl (C=O) groups excluding carboxylic acids is 1. The molecule has 5 rings (SSSR count). The summed E-state index contributed by atoms with van der Waals surface area (Å²) in [6.45, 7) is 0.859. The number of hydrogen-bond acceptors (Lipinski definition) is 3. The van der Waals surface area contributed by atoms with Crippen molar-refractivity contribution >= 4 is 15.9 Å². The fraction of sp³-hybridized carbons (Fsp3) is 0.519. The van der Waals surface area contributed by atoms with E-state index in [0.29, 0.717) is 18.2 Å². The van der Waals surface area contributed by atoms with Gasteiger partial charge in [-0.1, -0.05) is 60.7 Å². The molecular formula is C27H34N2O3S. The quantitative estimate of drug-likeness (QED) is 0.691. The van der Waals surface area contributed by atoms with E-state index in [1.54, 1.807) is 0 Å². The van der Waals surface area contributed by atoms with Crippen LogP contribution in [0.1, 0.15) is 56.1 Å². The van der Waals surface area contributed by atoms with Gasteiger partial charge in [-0.25, -0.2) is 13.1 Å². The van der Waals surface area contributed by atoms with Crippen LogP contribution in [-0.4, -0.2) is 37.4 Å². The molecule has 0 aromatic heterocycles. The third kappa shape index (κ3) is 4.60. The molecule has 2 aromatic carbocycles. The summed E-state index contributed by atoms with van der Waals surface area (Å²) < 4.78 is 29.5. The summed E-state index contributed by atoms with van der Waals surface area (Å²) in [5, 5.41) is 0. The molecule has 2 aromatic rings. The number of rotatable bonds is 6. The molecule has 6 heteroatoms. The first-order chi connectivity index (χ1) is 16.0. The molecule has 2 saturated heterocycles. The smallest absolute Gasteiger partial charge is 0.223 e. The van der Waals surface area contributed by atoms with Crippen LogP contribution in [0.3, 0.4) is 0 Å². The highest BCUT2D eigenvalue weighted by molar-refractivity contribution is 7.88. The molecule has 4 atom stereocenters. The van der Waals surface area contributed by atoms with Crippen molar-refractivity contribution in [1.29, 1.82) is 0 Å². The first-order valence-electron chi connectivity index (χ1n) is 12.4. The van der Waals surface area contributed by atoms with Crippen molar-refractivity contribution in [2.24, 2.45) is 11.8 Å². The van der Waals surface area contributed by atoms with Crippen LogP contribution in [0.25, 0.3) is 0 Å². The maximum Gasteiger partial charge on any atom is 0.223 e. The Hall–Kier alpha value is -2.18. The molecule has 3 fully saturated rings. The second-order valence-corrected chi connectivity index (χ2v) is 11.9. The lowest BCUT2D eigenvalue weighted by Crippen LogP contribution is -2.60. The molecule has 1 amide bonds. The lowest BCUT2D eigenvalue weighted by Gasteiger charge is -2.53. The van der Waals surface area contributed by atoms with E-state index in [4.69, 9.17) is 0 Å². The van der Waals surface area contributed by atoms with E-state index >= 15 is 0 Å². The third-order valence-electron chi connectivity index (χ3n) is 8.19. The van der Waals surface area contributed by atoms with Crippen molar-refractivity contribution in [3.63, 3.8) is 0 Å². The summed E-state index contributed by atoms with van der Waals surface area (Å²) in [7, 11) is -3.47. The van der Waals surface area contributed by atoms with Gasteiger partial charge in [0.25, 0.3) is 0 Å². The SMILES string of the molecule is O=C1CCC[C@H]2[C@@H](Cc3ccccc3)[C@@H](NS(=O)(=O)Cc3ccccc3)CC[C@]23CCCN13. The highest BCUT2D eigenvalue weighted by Crippen LogP contribution is 2.52. The Morgan fingerprint density at radius 3 is 2.33 bits per heavy atom. The fourth-order valence-electron chi connectivity index (χ4n) is 6.88. The number of sulfonamides is 1. The predicted molar refractivity (Wildman–Crippen MR) is 130 cm³/mol. The Labute approximate surface area is 197 Å². The Bertz CT molecular complexity index is 1070. The molecule has 2 heterocycles. The van der Waals surface area contributed by atoms with E-state index in [0.717, 1.165) is 57.1 Å². The van der Waals surface area contributed by atoms with Crippen LogP contribution in [0.15, 0.2) is 60.7 Å². The van der Waals surface area contributed by atoms with E-state index in [9.17, 15) is 13.2 Å². The van der Waals surface area contributed by atoms with Gasteiger partial charge in [0.1, 0.15) is 0 Å². The minimum atomic E-state index is -3.47. The first kappa shape index (κ1) is 22.6. The summed E-state index contributed by atoms with van der Waals surface area (Å²) in [6.07, 6.45) is 7.16. The number of hydrogen-bond donors (Lipinski definition) is 1. The topological polar surface area (TPSA) is 66.5 Å². The van der Waals surface area contributed by atoms with Crippen molar-refractivity contribution in [2.45, 2.75) is 68.7 Å². The summed E-state index contributed by atoms with van der Waals surface area (Å²) in [6, 6.07) is 19.7. The standard InChI is InChI=1S/C27H34N2O3S/c30-26-14-7-13-24-23(19-21-9-3-1-4-10-21)25(15-17-27(24)16-8-18-29(26)27)28-33(31,32)20-22-11-5-2-6-12-22/h1-6,9-12,23-25,28H,7-8,13-20H2/t23-,24+,25+,27-/m1/s1. The number of amides is 1. The minimum absolute atomic E-state index is 0.00280. The molecule has 2 aliphatic heterocycles. The third-order valence-corrected chi connectivity index (χ3v) is 9.57. The van der Waals surface area contributed by atoms with Crippen LogP contribution < -0.4 is 4.72 Å². The van der Waals surface area contributed by atoms with Crippen LogP contribution in [0, 0.1) is 11.8 Å². The number of benzene rings is 2. The zero-order valence-electron chi connectivity index (χ0n) is 19.2. The summed E-state index contributed by atoms with van der Waals surface area (Å²) in [5.74, 6) is 0.808. The second kappa shape index (κ2) is 9.22. The van der Waals surface area contributed by atoms with Gasteiger partial charge in [0.05, 0.1) is 5.75 Å². The van der Waals surface area contributed by atoms with Crippen LogP contribution >= 0.6 is 0 Å². The van der Waals surface area contributed by atoms with Crippen molar-refractivity contribution in [3.8, 4) is 0 Å². The molecule has 1 N–H and O–H groups in total. The normalized spacial score (nSPS) is 29.9. The molecule has 1 saturated carbocycles. The molecule has 1 aliphatic carbocycles. The molecule has 0 bridgehead atoms. The van der Waals surface area contributed by atoms with Gasteiger partial charge in [-0.15, -0.1) is 0 Å². The van der Waals surface area contributed by atoms with Crippen molar-refractivity contribution in [3.05, 3.63) is 71.8 Å². The zero-order valence-corrected chi connectivity index (χ0v) is 20.0. The predicted octanol–water partition coefficient (Wildman–Crippen LogP) is 4.29. The lowest BCUT2D eigenvalue weighted by molar-refractivity contribution is -0.138. The maximum absolute atomic E-state index is 13.2. The second-order valence-electron chi connectivity index (χ2n) is 10.1. The zero-order chi connectivity index (χ0) is 22.9. The fourth-order valence-corrected chi connectivity index (χ4v) is 8.35. The number of nitrogens with one attached hydrogen (secondary N) is 1. The van der Waals surface area contributed by atoms with Crippen LogP contribution in [0.4, 0.5) is 0 Å². The highest BCUT2D eigenvalue weighted by Gasteiger charge is 2.56. The molecule has 0 unspecified atom stereocenters. The van der Waals surface area contributed by atoms with E-state index < -0.39 is 10.0 Å². The average Bonchev–Trinajstić information content (AvgIpc) is 3.17. The van der Waals surface area contributed by atoms with E-state index in [-0.39, 0.29) is 23.3 Å². The molecule has 5 nitrogen and oxygen atoms in total. The lowest BCUT2D eigenvalue weighted by atomic mass is 9.61. The number of carbonyl (C=O) groups is 1. The van der Waals surface area contributed by atoms with Gasteiger partial charge in [0.2, 0.25) is 15.9 Å². The Balaban J connectivity index is 1.45. The summed E-state index contributed by atoms with van der Waals surface area (Å²) in [5.41, 5.74) is 1.96. The van der Waals surface area contributed by atoms with E-state index in [1.807, 2.05) is 36.4 Å². The van der Waals surface area contributed by atoms with Gasteiger partial charge in [0.15, 0.2) is 0 Å². The van der Waals surface area contributed by atoms with Gasteiger partial charge < -0.3 is 4.90 Å². The van der Waals surface area contributed by atoms with Crippen molar-refractivity contribution < 1.29 is 13.2 Å². The monoisotopic (exact) mass is 466 g/mol. The summed E-state index contributed by atoms with van der Waals surface area (Å²) in [4.78, 5) is 15.1. The van der Waals surface area contributed by atoms with Gasteiger partial charge in [0, 0.05) is 24.5 Å². The van der Waals surface area contributed by atoms with Gasteiger partial charge >= 0.3 is 0 Å². The molecule has 1 spiro atoms. The van der Waals surface area contributed by atoms with Crippen LogP contribution in [-0.2, 0) is 27.0 Å². The van der Waals surface area contributed by atoms with Gasteiger partial charge in [-0.2, -0.15) is 0 Å². The average molecular weight is 467 g/mol. The van der Waals surface area contributed by atoms with Crippen LogP contribution in [0.5, 0.6) is 0 Å². The largest absolute Gasteiger partial charge is 0.337 e. The molecule has 33 heavy (non-hydrogen) atoms. The van der Waals surface area contributed by atoms with Crippen molar-refractivity contribution in [1.82, 2.24) is 9.62 Å². The Morgan fingerprint density at radius 2 is 1.61 bits per heavy atom. The summed E-state index contributed by atoms with van der Waals surface area (Å²) >= 11 is 0. The van der Waals surface area contributed by atoms with Crippen molar-refractivity contribution in [2.75, 3.05) is 6.54 Å². The van der Waals surface area contributed by atoms with E-state index in [2.05, 4.69) is 33.9 Å². The van der Waals surface area contributed by atoms with E-state index in [1.165, 1.54) is 5.56 Å². The molecular weight excluding hydrogens is 432 g/mol. The Kier molecular flexibility index (Phi) is 6.32.